The predicted octanol–water partition coefficient (Wildman–Crippen LogP) is 1.19. The van der Waals surface area contributed by atoms with Gasteiger partial charge in [-0.05, 0) is 58.5 Å². The van der Waals surface area contributed by atoms with E-state index in [0.29, 0.717) is 25.6 Å². The number of imide groups is 1. The van der Waals surface area contributed by atoms with Gasteiger partial charge in [0, 0.05) is 25.6 Å². The molecule has 2 rings (SSSR count). The summed E-state index contributed by atoms with van der Waals surface area (Å²) in [5.74, 6) is 0.655. The van der Waals surface area contributed by atoms with E-state index in [-0.39, 0.29) is 23.8 Å². The molecule has 0 saturated carbocycles. The number of nitrogens with one attached hydrogen (secondary N) is 2. The summed E-state index contributed by atoms with van der Waals surface area (Å²) in [5.41, 5.74) is 0. The topological polar surface area (TPSA) is 81.8 Å². The van der Waals surface area contributed by atoms with E-state index < -0.39 is 6.03 Å². The molecule has 2 N–H and O–H groups in total. The first-order valence-corrected chi connectivity index (χ1v) is 9.53. The quantitative estimate of drug-likeness (QED) is 0.796. The molecule has 0 unspecified atom stereocenters. The van der Waals surface area contributed by atoms with E-state index in [2.05, 4.69) is 22.5 Å². The summed E-state index contributed by atoms with van der Waals surface area (Å²) in [5, 5.41) is 4.92. The van der Waals surface area contributed by atoms with Gasteiger partial charge in [0.05, 0.1) is 6.04 Å². The first kappa shape index (κ1) is 19.7. The van der Waals surface area contributed by atoms with Crippen molar-refractivity contribution in [1.29, 1.82) is 0 Å². The lowest BCUT2D eigenvalue weighted by Gasteiger charge is -2.38. The van der Waals surface area contributed by atoms with Crippen molar-refractivity contribution in [2.45, 2.75) is 52.5 Å². The fraction of sp³-hybridized carbons (Fsp3) is 0.833. The Bertz CT molecular complexity index is 489. The van der Waals surface area contributed by atoms with Gasteiger partial charge >= 0.3 is 6.03 Å². The molecular weight excluding hydrogens is 320 g/mol. The van der Waals surface area contributed by atoms with Crippen molar-refractivity contribution in [3.05, 3.63) is 0 Å². The van der Waals surface area contributed by atoms with Gasteiger partial charge in [0.15, 0.2) is 0 Å². The highest BCUT2D eigenvalue weighted by atomic mass is 16.2. The van der Waals surface area contributed by atoms with Gasteiger partial charge in [0.25, 0.3) is 0 Å². The van der Waals surface area contributed by atoms with Crippen molar-refractivity contribution < 1.29 is 14.4 Å². The van der Waals surface area contributed by atoms with Gasteiger partial charge in [-0.25, -0.2) is 4.79 Å². The lowest BCUT2D eigenvalue weighted by atomic mass is 9.92. The number of rotatable bonds is 4. The van der Waals surface area contributed by atoms with E-state index in [1.807, 2.05) is 11.8 Å². The van der Waals surface area contributed by atoms with Gasteiger partial charge in [-0.2, -0.15) is 0 Å². The summed E-state index contributed by atoms with van der Waals surface area (Å²) in [4.78, 5) is 40.4. The van der Waals surface area contributed by atoms with Crippen LogP contribution in [0.25, 0.3) is 0 Å². The van der Waals surface area contributed by atoms with Crippen molar-refractivity contribution in [3.63, 3.8) is 0 Å². The monoisotopic (exact) mass is 352 g/mol. The molecule has 0 aromatic heterocycles. The molecule has 7 heteroatoms. The van der Waals surface area contributed by atoms with Crippen LogP contribution in [0.5, 0.6) is 0 Å². The Labute approximate surface area is 150 Å². The summed E-state index contributed by atoms with van der Waals surface area (Å²) in [6.07, 6.45) is 3.87. The van der Waals surface area contributed by atoms with Crippen LogP contribution in [0.3, 0.4) is 0 Å². The molecule has 25 heavy (non-hydrogen) atoms. The molecule has 2 atom stereocenters. The molecule has 2 fully saturated rings. The average molecular weight is 352 g/mol. The molecule has 2 saturated heterocycles. The minimum Gasteiger partial charge on any atom is -0.342 e. The summed E-state index contributed by atoms with van der Waals surface area (Å²) in [6.45, 7) is 9.49. The highest BCUT2D eigenvalue weighted by molar-refractivity contribution is 5.96. The van der Waals surface area contributed by atoms with Crippen LogP contribution in [0.1, 0.15) is 46.5 Å². The molecule has 0 aliphatic carbocycles. The lowest BCUT2D eigenvalue weighted by molar-refractivity contribution is -0.139. The molecule has 4 amide bonds. The Hall–Kier alpha value is -1.63. The van der Waals surface area contributed by atoms with E-state index in [0.717, 1.165) is 32.4 Å². The van der Waals surface area contributed by atoms with Crippen LogP contribution in [-0.2, 0) is 9.59 Å². The zero-order valence-electron chi connectivity index (χ0n) is 15.7. The van der Waals surface area contributed by atoms with Gasteiger partial charge in [0.1, 0.15) is 0 Å². The van der Waals surface area contributed by atoms with Crippen LogP contribution >= 0.6 is 0 Å². The van der Waals surface area contributed by atoms with Gasteiger partial charge in [-0.3, -0.25) is 19.8 Å². The molecule has 7 nitrogen and oxygen atoms in total. The van der Waals surface area contributed by atoms with E-state index in [1.54, 1.807) is 6.92 Å². The second-order valence-corrected chi connectivity index (χ2v) is 7.37. The molecular formula is C18H32N4O3. The maximum atomic E-state index is 12.7. The zero-order chi connectivity index (χ0) is 18.4. The lowest BCUT2D eigenvalue weighted by Crippen LogP contribution is -2.53. The first-order valence-electron chi connectivity index (χ1n) is 9.53. The number of carbonyl (C=O) groups excluding carboxylic acids is 3. The van der Waals surface area contributed by atoms with Crippen LogP contribution in [-0.4, -0.2) is 66.4 Å². The Morgan fingerprint density at radius 3 is 2.40 bits per heavy atom. The van der Waals surface area contributed by atoms with Crippen LogP contribution in [0, 0.1) is 11.8 Å². The number of hydrogen-bond acceptors (Lipinski definition) is 4. The SMILES string of the molecule is CCNC(=O)NC(=O)[C@H](C)N1CCC(C(=O)N2CCC[C@@H](C)C2)CC1. The maximum absolute atomic E-state index is 12.7. The highest BCUT2D eigenvalue weighted by Gasteiger charge is 2.33. The van der Waals surface area contributed by atoms with E-state index >= 15 is 0 Å². The number of nitrogens with zero attached hydrogens (tertiary/aromatic N) is 2. The molecule has 2 aliphatic heterocycles. The summed E-state index contributed by atoms with van der Waals surface area (Å²) in [6, 6.07) is -0.822. The predicted molar refractivity (Wildman–Crippen MR) is 96.0 cm³/mol. The third-order valence-corrected chi connectivity index (χ3v) is 5.35. The Morgan fingerprint density at radius 2 is 1.80 bits per heavy atom. The largest absolute Gasteiger partial charge is 0.342 e. The van der Waals surface area contributed by atoms with Crippen molar-refractivity contribution in [2.24, 2.45) is 11.8 Å². The number of amides is 4. The number of hydrogen-bond donors (Lipinski definition) is 2. The average Bonchev–Trinajstić information content (AvgIpc) is 2.60. The smallest absolute Gasteiger partial charge is 0.321 e. The third-order valence-electron chi connectivity index (χ3n) is 5.35. The van der Waals surface area contributed by atoms with Crippen molar-refractivity contribution in [1.82, 2.24) is 20.4 Å². The van der Waals surface area contributed by atoms with Crippen molar-refractivity contribution in [3.8, 4) is 0 Å². The standard InChI is InChI=1S/C18H32N4O3/c1-4-19-18(25)20-16(23)14(3)21-10-7-15(8-11-21)17(24)22-9-5-6-13(2)12-22/h13-15H,4-12H2,1-3H3,(H2,19,20,23,25)/t13-,14+/m1/s1. The molecule has 0 aromatic carbocycles. The van der Waals surface area contributed by atoms with Crippen LogP contribution in [0.2, 0.25) is 0 Å². The second-order valence-electron chi connectivity index (χ2n) is 7.37. The molecule has 142 valence electrons. The zero-order valence-corrected chi connectivity index (χ0v) is 15.7. The normalized spacial score (nSPS) is 23.8. The Kier molecular flexibility index (Phi) is 7.23. The second kappa shape index (κ2) is 9.17. The van der Waals surface area contributed by atoms with Crippen LogP contribution in [0.15, 0.2) is 0 Å². The summed E-state index contributed by atoms with van der Waals surface area (Å²) < 4.78 is 0. The Balaban J connectivity index is 1.79. The highest BCUT2D eigenvalue weighted by Crippen LogP contribution is 2.24. The fourth-order valence-corrected chi connectivity index (χ4v) is 3.77. The van der Waals surface area contributed by atoms with E-state index in [1.165, 1.54) is 6.42 Å². The summed E-state index contributed by atoms with van der Waals surface area (Å²) >= 11 is 0. The van der Waals surface area contributed by atoms with Gasteiger partial charge in [-0.1, -0.05) is 6.92 Å². The number of piperidine rings is 2. The molecule has 0 aromatic rings. The first-order chi connectivity index (χ1) is 11.9. The molecule has 0 radical (unpaired) electrons. The molecule has 0 spiro atoms. The van der Waals surface area contributed by atoms with Crippen molar-refractivity contribution >= 4 is 17.8 Å². The van der Waals surface area contributed by atoms with Gasteiger partial charge < -0.3 is 10.2 Å². The maximum Gasteiger partial charge on any atom is 0.321 e. The summed E-state index contributed by atoms with van der Waals surface area (Å²) in [7, 11) is 0. The third kappa shape index (κ3) is 5.42. The molecule has 2 heterocycles. The fourth-order valence-electron chi connectivity index (χ4n) is 3.77. The minimum atomic E-state index is -0.455. The molecule has 0 bridgehead atoms. The Morgan fingerprint density at radius 1 is 1.12 bits per heavy atom. The van der Waals surface area contributed by atoms with E-state index in [9.17, 15) is 14.4 Å². The number of likely N-dealkylation sites (tertiary alicyclic amines) is 2. The van der Waals surface area contributed by atoms with Crippen LogP contribution < -0.4 is 10.6 Å². The van der Waals surface area contributed by atoms with E-state index in [4.69, 9.17) is 0 Å². The number of urea groups is 1. The van der Waals surface area contributed by atoms with Gasteiger partial charge in [0.2, 0.25) is 11.8 Å². The number of carbonyl (C=O) groups is 3. The minimum absolute atomic E-state index is 0.0696. The van der Waals surface area contributed by atoms with Crippen LogP contribution in [0.4, 0.5) is 4.79 Å². The van der Waals surface area contributed by atoms with Gasteiger partial charge in [-0.15, -0.1) is 0 Å². The van der Waals surface area contributed by atoms with Crippen molar-refractivity contribution in [2.75, 3.05) is 32.7 Å². The molecule has 2 aliphatic rings.